The van der Waals surface area contributed by atoms with Gasteiger partial charge in [-0.3, -0.25) is 0 Å². The molecule has 0 aromatic carbocycles. The van der Waals surface area contributed by atoms with Gasteiger partial charge >= 0.3 is 0 Å². The van der Waals surface area contributed by atoms with Crippen molar-refractivity contribution >= 4 is 27.4 Å². The second-order valence-corrected chi connectivity index (χ2v) is 5.41. The molecule has 1 unspecified atom stereocenters. The first-order chi connectivity index (χ1) is 9.15. The lowest BCUT2D eigenvalue weighted by Gasteiger charge is -2.20. The van der Waals surface area contributed by atoms with E-state index in [0.29, 0.717) is 18.3 Å². The molecule has 0 fully saturated rings. The summed E-state index contributed by atoms with van der Waals surface area (Å²) in [5.74, 6) is 1.000. The van der Waals surface area contributed by atoms with Gasteiger partial charge in [-0.2, -0.15) is 0 Å². The van der Waals surface area contributed by atoms with Crippen molar-refractivity contribution in [2.45, 2.75) is 32.8 Å². The van der Waals surface area contributed by atoms with Crippen LogP contribution in [-0.4, -0.2) is 32.1 Å². The minimum Gasteiger partial charge on any atom is -0.391 e. The first-order valence-electron chi connectivity index (χ1n) is 6.56. The predicted octanol–water partition coefficient (Wildman–Crippen LogP) is 2.70. The zero-order chi connectivity index (χ0) is 13.8. The molecule has 0 spiro atoms. The fourth-order valence-electron chi connectivity index (χ4n) is 2.22. The number of halogens is 1. The lowest BCUT2D eigenvalue weighted by molar-refractivity contribution is 0.114. The first kappa shape index (κ1) is 14.3. The van der Waals surface area contributed by atoms with Crippen LogP contribution in [0.25, 0.3) is 5.65 Å². The topological polar surface area (TPSA) is 62.5 Å². The lowest BCUT2D eigenvalue weighted by Crippen LogP contribution is -2.28. The molecule has 0 aliphatic rings. The highest BCUT2D eigenvalue weighted by Crippen LogP contribution is 2.18. The Morgan fingerprint density at radius 3 is 2.84 bits per heavy atom. The van der Waals surface area contributed by atoms with E-state index >= 15 is 0 Å². The van der Waals surface area contributed by atoms with Crippen LogP contribution in [0.4, 0.5) is 5.82 Å². The second-order valence-electron chi connectivity index (χ2n) is 4.60. The van der Waals surface area contributed by atoms with Gasteiger partial charge in [0.25, 0.3) is 0 Å². The Hall–Kier alpha value is -1.14. The van der Waals surface area contributed by atoms with Crippen molar-refractivity contribution in [2.75, 3.05) is 11.9 Å². The lowest BCUT2D eigenvalue weighted by atomic mass is 9.97. The molecule has 2 aromatic rings. The molecule has 2 heterocycles. The van der Waals surface area contributed by atoms with Gasteiger partial charge in [0, 0.05) is 25.1 Å². The monoisotopic (exact) mass is 326 g/mol. The van der Waals surface area contributed by atoms with Crippen molar-refractivity contribution in [1.29, 1.82) is 0 Å². The van der Waals surface area contributed by atoms with E-state index < -0.39 is 0 Å². The Balaban J connectivity index is 2.11. The quantitative estimate of drug-likeness (QED) is 0.856. The Bertz CT molecular complexity index is 538. The Morgan fingerprint density at radius 2 is 2.16 bits per heavy atom. The molecule has 0 saturated carbocycles. The van der Waals surface area contributed by atoms with Gasteiger partial charge in [0.2, 0.25) is 0 Å². The second kappa shape index (κ2) is 6.34. The van der Waals surface area contributed by atoms with E-state index in [1.165, 1.54) is 0 Å². The highest BCUT2D eigenvalue weighted by molar-refractivity contribution is 9.10. The molecular weight excluding hydrogens is 308 g/mol. The molecule has 19 heavy (non-hydrogen) atoms. The average Bonchev–Trinajstić information content (AvgIpc) is 2.85. The largest absolute Gasteiger partial charge is 0.391 e. The van der Waals surface area contributed by atoms with Crippen LogP contribution in [0.5, 0.6) is 0 Å². The predicted molar refractivity (Wildman–Crippen MR) is 79.3 cm³/mol. The number of anilines is 1. The molecule has 0 radical (unpaired) electrons. The number of aromatic nitrogens is 3. The van der Waals surface area contributed by atoms with Crippen LogP contribution in [0.3, 0.4) is 0 Å². The summed E-state index contributed by atoms with van der Waals surface area (Å²) in [6.07, 6.45) is 7.03. The van der Waals surface area contributed by atoms with Crippen molar-refractivity contribution in [1.82, 2.24) is 14.4 Å². The number of aliphatic hydroxyl groups is 1. The van der Waals surface area contributed by atoms with Crippen LogP contribution in [0, 0.1) is 5.92 Å². The van der Waals surface area contributed by atoms with Gasteiger partial charge in [-0.1, -0.05) is 26.7 Å². The van der Waals surface area contributed by atoms with Crippen molar-refractivity contribution in [3.05, 3.63) is 23.2 Å². The number of nitrogens with zero attached hydrogens (tertiary/aromatic N) is 3. The third-order valence-electron chi connectivity index (χ3n) is 3.42. The van der Waals surface area contributed by atoms with Gasteiger partial charge in [-0.25, -0.2) is 9.97 Å². The molecule has 1 atom stereocenters. The maximum absolute atomic E-state index is 10.1. The third-order valence-corrected chi connectivity index (χ3v) is 3.80. The van der Waals surface area contributed by atoms with Crippen LogP contribution in [-0.2, 0) is 0 Å². The van der Waals surface area contributed by atoms with Crippen molar-refractivity contribution in [3.8, 4) is 0 Å². The van der Waals surface area contributed by atoms with Crippen LogP contribution in [0.2, 0.25) is 0 Å². The summed E-state index contributed by atoms with van der Waals surface area (Å²) in [5, 5.41) is 13.3. The average molecular weight is 327 g/mol. The molecule has 2 aromatic heterocycles. The summed E-state index contributed by atoms with van der Waals surface area (Å²) in [5.41, 5.74) is 0.764. The van der Waals surface area contributed by atoms with E-state index in [-0.39, 0.29) is 6.10 Å². The number of imidazole rings is 1. The Labute approximate surface area is 121 Å². The molecule has 2 N–H and O–H groups in total. The van der Waals surface area contributed by atoms with E-state index in [1.54, 1.807) is 6.20 Å². The molecule has 0 amide bonds. The highest BCUT2D eigenvalue weighted by Gasteiger charge is 2.16. The first-order valence-corrected chi connectivity index (χ1v) is 7.36. The minimum atomic E-state index is -0.370. The summed E-state index contributed by atoms with van der Waals surface area (Å²) in [6.45, 7) is 4.68. The van der Waals surface area contributed by atoms with Gasteiger partial charge in [0.05, 0.1) is 6.10 Å². The van der Waals surface area contributed by atoms with E-state index in [9.17, 15) is 5.11 Å². The minimum absolute atomic E-state index is 0.315. The number of hydrogen-bond acceptors (Lipinski definition) is 4. The van der Waals surface area contributed by atoms with E-state index in [4.69, 9.17) is 0 Å². The summed E-state index contributed by atoms with van der Waals surface area (Å²) in [4.78, 5) is 8.63. The van der Waals surface area contributed by atoms with E-state index in [0.717, 1.165) is 23.1 Å². The maximum Gasteiger partial charge on any atom is 0.180 e. The molecule has 2 rings (SSSR count). The van der Waals surface area contributed by atoms with Gasteiger partial charge in [0.1, 0.15) is 4.60 Å². The molecule has 0 aliphatic heterocycles. The van der Waals surface area contributed by atoms with Crippen LogP contribution < -0.4 is 5.32 Å². The molecule has 5 nitrogen and oxygen atoms in total. The van der Waals surface area contributed by atoms with Gasteiger partial charge in [0.15, 0.2) is 11.5 Å². The molecule has 6 heteroatoms. The van der Waals surface area contributed by atoms with E-state index in [2.05, 4.69) is 45.1 Å². The molecule has 104 valence electrons. The molecule has 0 aliphatic carbocycles. The van der Waals surface area contributed by atoms with Crippen LogP contribution >= 0.6 is 15.9 Å². The number of nitrogens with one attached hydrogen (secondary N) is 1. The standard InChI is InChI=1S/C13H19BrN4O/c1-3-9(4-2)10(19)7-16-12-13-15-5-6-18(13)8-11(14)17-12/h5-6,8-10,19H,3-4,7H2,1-2H3,(H,16,17). The number of aliphatic hydroxyl groups excluding tert-OH is 1. The summed E-state index contributed by atoms with van der Waals surface area (Å²) < 4.78 is 2.63. The van der Waals surface area contributed by atoms with Crippen molar-refractivity contribution in [3.63, 3.8) is 0 Å². The molecule has 0 saturated heterocycles. The number of rotatable bonds is 6. The smallest absolute Gasteiger partial charge is 0.180 e. The van der Waals surface area contributed by atoms with Crippen molar-refractivity contribution in [2.24, 2.45) is 5.92 Å². The molecule has 0 bridgehead atoms. The fourth-order valence-corrected chi connectivity index (χ4v) is 2.62. The third kappa shape index (κ3) is 3.25. The maximum atomic E-state index is 10.1. The summed E-state index contributed by atoms with van der Waals surface area (Å²) in [6, 6.07) is 0. The SMILES string of the molecule is CCC(CC)C(O)CNc1nc(Br)cn2ccnc12. The summed E-state index contributed by atoms with van der Waals surface area (Å²) in [7, 11) is 0. The zero-order valence-electron chi connectivity index (χ0n) is 11.2. The number of hydrogen-bond donors (Lipinski definition) is 2. The van der Waals surface area contributed by atoms with Crippen molar-refractivity contribution < 1.29 is 5.11 Å². The normalized spacial score (nSPS) is 13.1. The molecular formula is C13H19BrN4O. The Kier molecular flexibility index (Phi) is 4.76. The van der Waals surface area contributed by atoms with Gasteiger partial charge in [-0.05, 0) is 21.8 Å². The Morgan fingerprint density at radius 1 is 1.42 bits per heavy atom. The number of fused-ring (bicyclic) bond motifs is 1. The highest BCUT2D eigenvalue weighted by atomic mass is 79.9. The van der Waals surface area contributed by atoms with Gasteiger partial charge < -0.3 is 14.8 Å². The summed E-state index contributed by atoms with van der Waals surface area (Å²) >= 11 is 3.37. The zero-order valence-corrected chi connectivity index (χ0v) is 12.8. The van der Waals surface area contributed by atoms with Crippen LogP contribution in [0.15, 0.2) is 23.2 Å². The van der Waals surface area contributed by atoms with Crippen LogP contribution in [0.1, 0.15) is 26.7 Å². The van der Waals surface area contributed by atoms with Gasteiger partial charge in [-0.15, -0.1) is 0 Å². The van der Waals surface area contributed by atoms with E-state index in [1.807, 2.05) is 16.8 Å². The fraction of sp³-hybridized carbons (Fsp3) is 0.538.